The van der Waals surface area contributed by atoms with E-state index in [2.05, 4.69) is 4.98 Å². The molecule has 0 saturated carbocycles. The van der Waals surface area contributed by atoms with E-state index < -0.39 is 34.7 Å². The van der Waals surface area contributed by atoms with Gasteiger partial charge in [0.1, 0.15) is 17.1 Å². The van der Waals surface area contributed by atoms with Gasteiger partial charge in [0.15, 0.2) is 0 Å². The summed E-state index contributed by atoms with van der Waals surface area (Å²) < 4.78 is 49.4. The van der Waals surface area contributed by atoms with E-state index >= 15 is 0 Å². The molecule has 1 aromatic heterocycles. The van der Waals surface area contributed by atoms with Gasteiger partial charge in [-0.05, 0) is 11.6 Å². The molecule has 0 aliphatic rings. The molecule has 0 spiro atoms. The van der Waals surface area contributed by atoms with Crippen LogP contribution in [-0.4, -0.2) is 10.2 Å². The molecule has 0 amide bonds. The summed E-state index contributed by atoms with van der Waals surface area (Å²) in [6.07, 6.45) is -3.11. The molecule has 0 aromatic carbocycles. The summed E-state index contributed by atoms with van der Waals surface area (Å²) >= 11 is 4.80. The minimum absolute atomic E-state index is 0.267. The minimum atomic E-state index is -3.11. The molecule has 0 unspecified atom stereocenters. The highest BCUT2D eigenvalue weighted by Gasteiger charge is 2.21. The fourth-order valence-corrected chi connectivity index (χ4v) is 0.957. The smallest absolute Gasteiger partial charge is 0.275 e. The molecule has 0 fully saturated rings. The van der Waals surface area contributed by atoms with E-state index in [1.54, 1.807) is 0 Å². The Hall–Kier alpha value is -1.17. The first-order chi connectivity index (χ1) is 6.43. The standard InChI is InChI=1S/C7H2ClF4NO/c8-5(14)4-2(9)1-3(6(10)11)13-7(4)12/h1,6H. The van der Waals surface area contributed by atoms with E-state index in [4.69, 9.17) is 11.6 Å². The van der Waals surface area contributed by atoms with Gasteiger partial charge in [-0.25, -0.2) is 18.2 Å². The molecule has 0 aliphatic heterocycles. The summed E-state index contributed by atoms with van der Waals surface area (Å²) in [5.41, 5.74) is -2.21. The van der Waals surface area contributed by atoms with Crippen LogP contribution < -0.4 is 0 Å². The average molecular weight is 228 g/mol. The number of halogens is 5. The molecule has 0 atom stereocenters. The molecule has 2 nitrogen and oxygen atoms in total. The van der Waals surface area contributed by atoms with Crippen molar-refractivity contribution >= 4 is 16.8 Å². The van der Waals surface area contributed by atoms with Crippen molar-refractivity contribution in [2.75, 3.05) is 0 Å². The summed E-state index contributed by atoms with van der Waals surface area (Å²) in [7, 11) is 0. The van der Waals surface area contributed by atoms with Crippen molar-refractivity contribution in [1.29, 1.82) is 0 Å². The highest BCUT2D eigenvalue weighted by atomic mass is 35.5. The molecule has 1 heterocycles. The van der Waals surface area contributed by atoms with Crippen LogP contribution in [0.2, 0.25) is 0 Å². The van der Waals surface area contributed by atoms with E-state index in [0.717, 1.165) is 0 Å². The van der Waals surface area contributed by atoms with Gasteiger partial charge in [0.2, 0.25) is 5.95 Å². The molecule has 0 saturated heterocycles. The van der Waals surface area contributed by atoms with Gasteiger partial charge in [-0.15, -0.1) is 0 Å². The zero-order chi connectivity index (χ0) is 10.9. The SMILES string of the molecule is O=C(Cl)c1c(F)cc(C(F)F)nc1F. The van der Waals surface area contributed by atoms with Gasteiger partial charge >= 0.3 is 0 Å². The summed E-state index contributed by atoms with van der Waals surface area (Å²) in [5, 5.41) is -1.42. The number of alkyl halides is 2. The quantitative estimate of drug-likeness (QED) is 0.442. The predicted molar refractivity (Wildman–Crippen MR) is 39.3 cm³/mol. The van der Waals surface area contributed by atoms with Crippen LogP contribution in [0.25, 0.3) is 0 Å². The van der Waals surface area contributed by atoms with Gasteiger partial charge in [-0.1, -0.05) is 0 Å². The maximum absolute atomic E-state index is 12.8. The molecule has 1 aromatic rings. The van der Waals surface area contributed by atoms with Crippen molar-refractivity contribution in [1.82, 2.24) is 4.98 Å². The van der Waals surface area contributed by atoms with E-state index in [-0.39, 0.29) is 6.07 Å². The number of carbonyl (C=O) groups is 1. The number of rotatable bonds is 2. The molecule has 0 N–H and O–H groups in total. The summed E-state index contributed by atoms with van der Waals surface area (Å²) in [4.78, 5) is 13.1. The lowest BCUT2D eigenvalue weighted by Gasteiger charge is -2.02. The molecular formula is C7H2ClF4NO. The Morgan fingerprint density at radius 3 is 2.36 bits per heavy atom. The third kappa shape index (κ3) is 2.01. The second kappa shape index (κ2) is 3.91. The van der Waals surface area contributed by atoms with Crippen molar-refractivity contribution in [3.8, 4) is 0 Å². The zero-order valence-electron chi connectivity index (χ0n) is 6.40. The Morgan fingerprint density at radius 1 is 1.43 bits per heavy atom. The monoisotopic (exact) mass is 227 g/mol. The van der Waals surface area contributed by atoms with Gasteiger partial charge in [0.25, 0.3) is 11.7 Å². The lowest BCUT2D eigenvalue weighted by Crippen LogP contribution is -2.05. The highest BCUT2D eigenvalue weighted by molar-refractivity contribution is 6.67. The maximum Gasteiger partial charge on any atom is 0.280 e. The third-order valence-corrected chi connectivity index (χ3v) is 1.56. The topological polar surface area (TPSA) is 30.0 Å². The first kappa shape index (κ1) is 10.9. The van der Waals surface area contributed by atoms with Gasteiger partial charge in [-0.3, -0.25) is 4.79 Å². The van der Waals surface area contributed by atoms with Crippen molar-refractivity contribution in [3.05, 3.63) is 29.1 Å². The molecular weight excluding hydrogens is 226 g/mol. The van der Waals surface area contributed by atoms with Crippen LogP contribution in [0.4, 0.5) is 17.6 Å². The molecule has 0 radical (unpaired) electrons. The van der Waals surface area contributed by atoms with Crippen molar-refractivity contribution < 1.29 is 22.4 Å². The average Bonchev–Trinajstić information content (AvgIpc) is 2.01. The Morgan fingerprint density at radius 2 is 2.00 bits per heavy atom. The molecule has 76 valence electrons. The molecule has 0 aliphatic carbocycles. The molecule has 7 heteroatoms. The maximum atomic E-state index is 12.8. The molecule has 1 rings (SSSR count). The van der Waals surface area contributed by atoms with Crippen LogP contribution in [0.1, 0.15) is 22.5 Å². The zero-order valence-corrected chi connectivity index (χ0v) is 7.16. The van der Waals surface area contributed by atoms with Crippen LogP contribution >= 0.6 is 11.6 Å². The van der Waals surface area contributed by atoms with Crippen molar-refractivity contribution in [2.45, 2.75) is 6.43 Å². The van der Waals surface area contributed by atoms with Crippen LogP contribution in [0.15, 0.2) is 6.07 Å². The second-order valence-corrected chi connectivity index (χ2v) is 2.61. The fourth-order valence-electron chi connectivity index (χ4n) is 0.789. The normalized spacial score (nSPS) is 10.7. The van der Waals surface area contributed by atoms with Gasteiger partial charge in [0, 0.05) is 6.07 Å². The first-order valence-corrected chi connectivity index (χ1v) is 3.65. The summed E-state index contributed by atoms with van der Waals surface area (Å²) in [6, 6.07) is 0.267. The third-order valence-electron chi connectivity index (χ3n) is 1.37. The van der Waals surface area contributed by atoms with Crippen molar-refractivity contribution in [3.63, 3.8) is 0 Å². The summed E-state index contributed by atoms with van der Waals surface area (Å²) in [5.74, 6) is -3.09. The number of pyridine rings is 1. The van der Waals surface area contributed by atoms with E-state index in [9.17, 15) is 22.4 Å². The van der Waals surface area contributed by atoms with Crippen molar-refractivity contribution in [2.24, 2.45) is 0 Å². The Bertz CT molecular complexity index is 359. The fraction of sp³-hybridized carbons (Fsp3) is 0.143. The summed E-state index contributed by atoms with van der Waals surface area (Å²) in [6.45, 7) is 0. The highest BCUT2D eigenvalue weighted by Crippen LogP contribution is 2.21. The Labute approximate surface area is 80.5 Å². The number of carbonyl (C=O) groups excluding carboxylic acids is 1. The predicted octanol–water partition coefficient (Wildman–Crippen LogP) is 2.68. The first-order valence-electron chi connectivity index (χ1n) is 3.27. The minimum Gasteiger partial charge on any atom is -0.275 e. The number of hydrogen-bond donors (Lipinski definition) is 0. The van der Waals surface area contributed by atoms with Gasteiger partial charge in [-0.2, -0.15) is 4.39 Å². The van der Waals surface area contributed by atoms with E-state index in [1.165, 1.54) is 0 Å². The molecule has 0 bridgehead atoms. The second-order valence-electron chi connectivity index (χ2n) is 2.27. The van der Waals surface area contributed by atoms with Crippen LogP contribution in [-0.2, 0) is 0 Å². The van der Waals surface area contributed by atoms with Gasteiger partial charge in [0.05, 0.1) is 0 Å². The number of nitrogens with zero attached hydrogens (tertiary/aromatic N) is 1. The van der Waals surface area contributed by atoms with E-state index in [1.807, 2.05) is 0 Å². The van der Waals surface area contributed by atoms with Gasteiger partial charge < -0.3 is 0 Å². The number of hydrogen-bond acceptors (Lipinski definition) is 2. The Balaban J connectivity index is 3.32. The number of aromatic nitrogens is 1. The van der Waals surface area contributed by atoms with E-state index in [0.29, 0.717) is 0 Å². The van der Waals surface area contributed by atoms with Crippen LogP contribution in [0.3, 0.4) is 0 Å². The lowest BCUT2D eigenvalue weighted by atomic mass is 10.2. The largest absolute Gasteiger partial charge is 0.280 e. The molecule has 14 heavy (non-hydrogen) atoms. The lowest BCUT2D eigenvalue weighted by molar-refractivity contribution is 0.107. The Kier molecular flexibility index (Phi) is 3.05. The van der Waals surface area contributed by atoms with Crippen LogP contribution in [0, 0.1) is 11.8 Å². The van der Waals surface area contributed by atoms with Crippen LogP contribution in [0.5, 0.6) is 0 Å².